The van der Waals surface area contributed by atoms with E-state index in [0.29, 0.717) is 12.0 Å². The maximum Gasteiger partial charge on any atom is 0.181 e. The maximum absolute atomic E-state index is 5.55. The Balaban J connectivity index is 1.31. The van der Waals surface area contributed by atoms with Crippen LogP contribution >= 0.6 is 0 Å². The van der Waals surface area contributed by atoms with E-state index in [-0.39, 0.29) is 0 Å². The highest BCUT2D eigenvalue weighted by Gasteiger charge is 2.24. The van der Waals surface area contributed by atoms with Gasteiger partial charge in [0.2, 0.25) is 0 Å². The zero-order valence-electron chi connectivity index (χ0n) is 19.8. The van der Waals surface area contributed by atoms with E-state index < -0.39 is 0 Å². The highest BCUT2D eigenvalue weighted by molar-refractivity contribution is 5.77. The Labute approximate surface area is 198 Å². The Bertz CT molecular complexity index is 1290. The molecule has 0 N–H and O–H groups in total. The fraction of sp³-hybridized carbons (Fsp3) is 0.480. The smallest absolute Gasteiger partial charge is 0.181 e. The molecule has 6 rings (SSSR count). The van der Waals surface area contributed by atoms with Crippen LogP contribution < -0.4 is 4.90 Å². The van der Waals surface area contributed by atoms with Crippen molar-refractivity contribution in [2.45, 2.75) is 37.6 Å². The number of piperidine rings is 1. The van der Waals surface area contributed by atoms with Crippen LogP contribution in [-0.4, -0.2) is 80.9 Å². The van der Waals surface area contributed by atoms with E-state index in [1.165, 1.54) is 12.8 Å². The van der Waals surface area contributed by atoms with E-state index in [9.17, 15) is 0 Å². The van der Waals surface area contributed by atoms with Crippen LogP contribution in [-0.2, 0) is 4.74 Å². The second kappa shape index (κ2) is 8.88. The molecule has 2 fully saturated rings. The lowest BCUT2D eigenvalue weighted by Crippen LogP contribution is -2.42. The lowest BCUT2D eigenvalue weighted by atomic mass is 9.99. The standard InChI is InChI=1S/C25H30N8O/c1-31(2)19-7-11-32(12-8-19)22-6-3-18(15-27-22)20-4-5-21-25(28-20)33-23(16-26-21)29-30-24(33)17-9-13-34-14-10-17/h3-6,15-17,19H,7-14H2,1-2H3. The highest BCUT2D eigenvalue weighted by Crippen LogP contribution is 2.29. The maximum atomic E-state index is 5.55. The minimum absolute atomic E-state index is 0.317. The molecule has 176 valence electrons. The van der Waals surface area contributed by atoms with Crippen molar-refractivity contribution >= 4 is 22.6 Å². The van der Waals surface area contributed by atoms with Crippen molar-refractivity contribution in [2.24, 2.45) is 0 Å². The third-order valence-electron chi connectivity index (χ3n) is 7.25. The number of pyridine rings is 2. The molecule has 0 aliphatic carbocycles. The van der Waals surface area contributed by atoms with Crippen LogP contribution in [0.1, 0.15) is 37.4 Å². The summed E-state index contributed by atoms with van der Waals surface area (Å²) < 4.78 is 7.61. The monoisotopic (exact) mass is 458 g/mol. The molecular formula is C25H30N8O. The summed E-state index contributed by atoms with van der Waals surface area (Å²) >= 11 is 0. The Morgan fingerprint density at radius 1 is 0.912 bits per heavy atom. The molecule has 34 heavy (non-hydrogen) atoms. The first-order chi connectivity index (χ1) is 16.7. The number of fused-ring (bicyclic) bond motifs is 3. The summed E-state index contributed by atoms with van der Waals surface area (Å²) in [5, 5.41) is 8.88. The van der Waals surface area contributed by atoms with Gasteiger partial charge in [-0.3, -0.25) is 4.40 Å². The van der Waals surface area contributed by atoms with Crippen LogP contribution in [0.2, 0.25) is 0 Å². The molecule has 9 nitrogen and oxygen atoms in total. The molecule has 0 bridgehead atoms. The van der Waals surface area contributed by atoms with Crippen molar-refractivity contribution in [3.63, 3.8) is 0 Å². The third kappa shape index (κ3) is 3.88. The average molecular weight is 459 g/mol. The van der Waals surface area contributed by atoms with Gasteiger partial charge in [0.05, 0.1) is 11.9 Å². The summed E-state index contributed by atoms with van der Waals surface area (Å²) in [5.41, 5.74) is 4.22. The quantitative estimate of drug-likeness (QED) is 0.461. The van der Waals surface area contributed by atoms with Crippen molar-refractivity contribution in [2.75, 3.05) is 45.3 Å². The van der Waals surface area contributed by atoms with E-state index in [2.05, 4.69) is 55.6 Å². The summed E-state index contributed by atoms with van der Waals surface area (Å²) in [4.78, 5) is 19.1. The van der Waals surface area contributed by atoms with Gasteiger partial charge in [-0.15, -0.1) is 10.2 Å². The predicted molar refractivity (Wildman–Crippen MR) is 131 cm³/mol. The van der Waals surface area contributed by atoms with Crippen LogP contribution in [0.25, 0.3) is 28.1 Å². The molecule has 6 heterocycles. The molecule has 0 amide bonds. The van der Waals surface area contributed by atoms with Gasteiger partial charge in [-0.2, -0.15) is 0 Å². The highest BCUT2D eigenvalue weighted by atomic mass is 16.5. The first-order valence-electron chi connectivity index (χ1n) is 12.1. The van der Waals surface area contributed by atoms with Crippen molar-refractivity contribution in [3.8, 4) is 11.3 Å². The first kappa shape index (κ1) is 21.4. The van der Waals surface area contributed by atoms with Gasteiger partial charge in [-0.1, -0.05) is 0 Å². The lowest BCUT2D eigenvalue weighted by molar-refractivity contribution is 0.0834. The molecule has 0 radical (unpaired) electrons. The number of hydrogen-bond acceptors (Lipinski definition) is 8. The summed E-state index contributed by atoms with van der Waals surface area (Å²) in [6, 6.07) is 8.92. The van der Waals surface area contributed by atoms with Crippen LogP contribution in [0.5, 0.6) is 0 Å². The largest absolute Gasteiger partial charge is 0.381 e. The Morgan fingerprint density at radius 2 is 1.74 bits per heavy atom. The van der Waals surface area contributed by atoms with Crippen molar-refractivity contribution < 1.29 is 4.74 Å². The summed E-state index contributed by atoms with van der Waals surface area (Å²) in [7, 11) is 4.33. The van der Waals surface area contributed by atoms with Gasteiger partial charge < -0.3 is 14.5 Å². The fourth-order valence-corrected chi connectivity index (χ4v) is 5.16. The Kier molecular flexibility index (Phi) is 5.58. The van der Waals surface area contributed by atoms with E-state index >= 15 is 0 Å². The molecule has 0 aromatic carbocycles. The van der Waals surface area contributed by atoms with Gasteiger partial charge in [-0.25, -0.2) is 15.0 Å². The number of ether oxygens (including phenoxy) is 1. The molecule has 0 atom stereocenters. The summed E-state index contributed by atoms with van der Waals surface area (Å²) in [6.45, 7) is 3.59. The number of rotatable bonds is 4. The van der Waals surface area contributed by atoms with Crippen molar-refractivity contribution in [1.82, 2.24) is 34.4 Å². The molecule has 0 spiro atoms. The van der Waals surface area contributed by atoms with E-state index in [1.807, 2.05) is 18.3 Å². The number of hydrogen-bond donors (Lipinski definition) is 0. The lowest BCUT2D eigenvalue weighted by Gasteiger charge is -2.35. The molecule has 9 heteroatoms. The third-order valence-corrected chi connectivity index (χ3v) is 7.25. The average Bonchev–Trinajstić information content (AvgIpc) is 3.34. The Morgan fingerprint density at radius 3 is 2.47 bits per heavy atom. The van der Waals surface area contributed by atoms with Crippen molar-refractivity contribution in [3.05, 3.63) is 42.5 Å². The fourth-order valence-electron chi connectivity index (χ4n) is 5.16. The van der Waals surface area contributed by atoms with Gasteiger partial charge in [0.1, 0.15) is 17.2 Å². The van der Waals surface area contributed by atoms with E-state index in [0.717, 1.165) is 78.9 Å². The molecular weight excluding hydrogens is 428 g/mol. The second-order valence-electron chi connectivity index (χ2n) is 9.52. The van der Waals surface area contributed by atoms with Crippen LogP contribution in [0, 0.1) is 0 Å². The van der Waals surface area contributed by atoms with E-state index in [4.69, 9.17) is 14.7 Å². The van der Waals surface area contributed by atoms with E-state index in [1.54, 1.807) is 6.20 Å². The molecule has 0 saturated carbocycles. The number of aromatic nitrogens is 6. The SMILES string of the molecule is CN(C)C1CCN(c2ccc(-c3ccc4ncc5nnc(C6CCOCC6)n5c4n3)cn2)CC1. The molecule has 2 aliphatic rings. The number of nitrogens with zero attached hydrogens (tertiary/aromatic N) is 8. The summed E-state index contributed by atoms with van der Waals surface area (Å²) in [6.07, 6.45) is 7.93. The topological polar surface area (TPSA) is 84.6 Å². The zero-order valence-corrected chi connectivity index (χ0v) is 19.8. The van der Waals surface area contributed by atoms with Crippen LogP contribution in [0.4, 0.5) is 5.82 Å². The van der Waals surface area contributed by atoms with Crippen molar-refractivity contribution in [1.29, 1.82) is 0 Å². The zero-order chi connectivity index (χ0) is 23.1. The van der Waals surface area contributed by atoms with Gasteiger partial charge in [0, 0.05) is 50.0 Å². The normalized spacial score (nSPS) is 18.4. The van der Waals surface area contributed by atoms with Crippen LogP contribution in [0.15, 0.2) is 36.7 Å². The number of anilines is 1. The molecule has 2 saturated heterocycles. The molecule has 4 aromatic heterocycles. The molecule has 4 aromatic rings. The minimum Gasteiger partial charge on any atom is -0.381 e. The second-order valence-corrected chi connectivity index (χ2v) is 9.52. The summed E-state index contributed by atoms with van der Waals surface area (Å²) in [5.74, 6) is 2.30. The van der Waals surface area contributed by atoms with Crippen LogP contribution in [0.3, 0.4) is 0 Å². The predicted octanol–water partition coefficient (Wildman–Crippen LogP) is 3.16. The molecule has 2 aliphatic heterocycles. The van der Waals surface area contributed by atoms with Gasteiger partial charge in [0.15, 0.2) is 11.3 Å². The van der Waals surface area contributed by atoms with Gasteiger partial charge >= 0.3 is 0 Å². The Hall–Kier alpha value is -3.17. The van der Waals surface area contributed by atoms with Gasteiger partial charge in [-0.05, 0) is 64.0 Å². The first-order valence-corrected chi connectivity index (χ1v) is 12.1. The van der Waals surface area contributed by atoms with Gasteiger partial charge in [0.25, 0.3) is 0 Å². The minimum atomic E-state index is 0.317. The molecule has 0 unspecified atom stereocenters.